The van der Waals surface area contributed by atoms with Crippen molar-refractivity contribution in [2.24, 2.45) is 13.0 Å². The summed E-state index contributed by atoms with van der Waals surface area (Å²) >= 11 is 0. The summed E-state index contributed by atoms with van der Waals surface area (Å²) in [6, 6.07) is 5.40. The number of aromatic nitrogens is 4. The highest BCUT2D eigenvalue weighted by Crippen LogP contribution is 2.34. The minimum Gasteiger partial charge on any atom is -0.481 e. The van der Waals surface area contributed by atoms with Gasteiger partial charge in [-0.1, -0.05) is 6.07 Å². The van der Waals surface area contributed by atoms with Crippen molar-refractivity contribution in [3.05, 3.63) is 53.1 Å². The number of nitrogens with zero attached hydrogens (tertiary/aromatic N) is 5. The van der Waals surface area contributed by atoms with Crippen LogP contribution < -0.4 is 0 Å². The number of hydrogen-bond acceptors (Lipinski definition) is 5. The van der Waals surface area contributed by atoms with Crippen LogP contribution in [0.1, 0.15) is 33.2 Å². The molecule has 1 fully saturated rings. The van der Waals surface area contributed by atoms with Crippen LogP contribution in [0.3, 0.4) is 0 Å². The third-order valence-corrected chi connectivity index (χ3v) is 5.36. The minimum absolute atomic E-state index is 0.163. The van der Waals surface area contributed by atoms with Crippen LogP contribution in [0.4, 0.5) is 0 Å². The lowest BCUT2D eigenvalue weighted by Crippen LogP contribution is -2.30. The summed E-state index contributed by atoms with van der Waals surface area (Å²) in [6.45, 7) is 4.18. The van der Waals surface area contributed by atoms with E-state index in [4.69, 9.17) is 0 Å². The van der Waals surface area contributed by atoms with E-state index >= 15 is 0 Å². The molecule has 144 valence electrons. The summed E-state index contributed by atoms with van der Waals surface area (Å²) in [7, 11) is 1.80. The van der Waals surface area contributed by atoms with E-state index in [2.05, 4.69) is 15.1 Å². The monoisotopic (exact) mass is 379 g/mol. The molecule has 1 amide bonds. The van der Waals surface area contributed by atoms with Gasteiger partial charge in [0.05, 0.1) is 22.6 Å². The fourth-order valence-corrected chi connectivity index (χ4v) is 4.06. The molecule has 1 aliphatic heterocycles. The average molecular weight is 379 g/mol. The first-order valence-electron chi connectivity index (χ1n) is 9.09. The Morgan fingerprint density at radius 3 is 2.71 bits per heavy atom. The molecule has 0 unspecified atom stereocenters. The molecule has 28 heavy (non-hydrogen) atoms. The van der Waals surface area contributed by atoms with Gasteiger partial charge < -0.3 is 10.0 Å². The maximum atomic E-state index is 13.4. The summed E-state index contributed by atoms with van der Waals surface area (Å²) in [6.07, 6.45) is 3.33. The minimum atomic E-state index is -0.905. The molecule has 0 bridgehead atoms. The van der Waals surface area contributed by atoms with Crippen molar-refractivity contribution in [2.75, 3.05) is 13.1 Å². The topological polar surface area (TPSA) is 101 Å². The SMILES string of the molecule is Cc1cc(C(=O)N2C[C@@H](C(=O)O)[C@H](c3cccnc3)C2)c2c(C)nn(C)c2n1. The van der Waals surface area contributed by atoms with Gasteiger partial charge in [0.25, 0.3) is 5.91 Å². The first-order chi connectivity index (χ1) is 13.4. The number of fused-ring (bicyclic) bond motifs is 1. The molecule has 1 N–H and O–H groups in total. The standard InChI is InChI=1S/C20H21N5O3/c1-11-7-14(17-12(2)23-24(3)18(17)22-11)19(26)25-9-15(16(10-25)20(27)28)13-5-4-6-21-8-13/h4-8,15-16H,9-10H2,1-3H3,(H,27,28)/t15-,16+/m0/s1. The number of carboxylic acids is 1. The molecule has 3 aromatic heterocycles. The molecule has 8 heteroatoms. The first kappa shape index (κ1) is 18.1. The molecule has 0 radical (unpaired) electrons. The van der Waals surface area contributed by atoms with E-state index in [1.807, 2.05) is 19.9 Å². The zero-order chi connectivity index (χ0) is 20.0. The number of carbonyl (C=O) groups excluding carboxylic acids is 1. The quantitative estimate of drug-likeness (QED) is 0.746. The zero-order valence-electron chi connectivity index (χ0n) is 16.0. The summed E-state index contributed by atoms with van der Waals surface area (Å²) in [5.74, 6) is -2.05. The molecular weight excluding hydrogens is 358 g/mol. The lowest BCUT2D eigenvalue weighted by molar-refractivity contribution is -0.141. The van der Waals surface area contributed by atoms with Crippen molar-refractivity contribution in [1.29, 1.82) is 0 Å². The number of carboxylic acid groups (broad SMARTS) is 1. The van der Waals surface area contributed by atoms with Crippen molar-refractivity contribution < 1.29 is 14.7 Å². The highest BCUT2D eigenvalue weighted by molar-refractivity contribution is 6.06. The highest BCUT2D eigenvalue weighted by Gasteiger charge is 2.41. The third kappa shape index (κ3) is 2.90. The second kappa shape index (κ2) is 6.70. The fourth-order valence-electron chi connectivity index (χ4n) is 4.06. The van der Waals surface area contributed by atoms with Crippen LogP contribution >= 0.6 is 0 Å². The normalized spacial score (nSPS) is 19.3. The molecule has 4 heterocycles. The Kier molecular flexibility index (Phi) is 4.33. The number of likely N-dealkylation sites (tertiary alicyclic amines) is 1. The van der Waals surface area contributed by atoms with Crippen LogP contribution in [0.5, 0.6) is 0 Å². The van der Waals surface area contributed by atoms with Crippen LogP contribution in [0, 0.1) is 19.8 Å². The summed E-state index contributed by atoms with van der Waals surface area (Å²) in [4.78, 5) is 35.4. The Labute approximate surface area is 161 Å². The Morgan fingerprint density at radius 2 is 2.04 bits per heavy atom. The maximum Gasteiger partial charge on any atom is 0.308 e. The Balaban J connectivity index is 1.73. The number of pyridine rings is 2. The molecule has 2 atom stereocenters. The zero-order valence-corrected chi connectivity index (χ0v) is 16.0. The number of hydrogen-bond donors (Lipinski definition) is 1. The number of rotatable bonds is 3. The lowest BCUT2D eigenvalue weighted by atomic mass is 9.90. The molecule has 3 aromatic rings. The third-order valence-electron chi connectivity index (χ3n) is 5.36. The highest BCUT2D eigenvalue weighted by atomic mass is 16.4. The summed E-state index contributed by atoms with van der Waals surface area (Å²) in [5.41, 5.74) is 3.45. The van der Waals surface area contributed by atoms with E-state index in [0.717, 1.165) is 22.3 Å². The maximum absolute atomic E-state index is 13.4. The molecule has 0 spiro atoms. The van der Waals surface area contributed by atoms with Crippen molar-refractivity contribution >= 4 is 22.9 Å². The van der Waals surface area contributed by atoms with Gasteiger partial charge in [-0.25, -0.2) is 4.98 Å². The van der Waals surface area contributed by atoms with Gasteiger partial charge in [-0.2, -0.15) is 5.10 Å². The lowest BCUT2D eigenvalue weighted by Gasteiger charge is -2.17. The first-order valence-corrected chi connectivity index (χ1v) is 9.09. The van der Waals surface area contributed by atoms with E-state index < -0.39 is 11.9 Å². The van der Waals surface area contributed by atoms with Crippen LogP contribution in [-0.4, -0.2) is 54.7 Å². The van der Waals surface area contributed by atoms with Crippen molar-refractivity contribution in [3.8, 4) is 0 Å². The average Bonchev–Trinajstić information content (AvgIpc) is 3.23. The second-order valence-corrected chi connectivity index (χ2v) is 7.27. The molecule has 0 saturated carbocycles. The van der Waals surface area contributed by atoms with E-state index in [-0.39, 0.29) is 18.4 Å². The molecule has 1 aliphatic rings. The van der Waals surface area contributed by atoms with E-state index in [1.165, 1.54) is 0 Å². The second-order valence-electron chi connectivity index (χ2n) is 7.27. The van der Waals surface area contributed by atoms with Gasteiger partial charge in [-0.3, -0.25) is 19.3 Å². The Hall–Kier alpha value is -3.29. The predicted octanol–water partition coefficient (Wildman–Crippen LogP) is 1.92. The molecule has 0 aromatic carbocycles. The van der Waals surface area contributed by atoms with Gasteiger partial charge in [0.1, 0.15) is 0 Å². The number of aliphatic carboxylic acids is 1. The number of amides is 1. The van der Waals surface area contributed by atoms with Crippen molar-refractivity contribution in [3.63, 3.8) is 0 Å². The molecular formula is C20H21N5O3. The van der Waals surface area contributed by atoms with Crippen LogP contribution in [0.15, 0.2) is 30.6 Å². The predicted molar refractivity (Wildman–Crippen MR) is 102 cm³/mol. The van der Waals surface area contributed by atoms with E-state index in [9.17, 15) is 14.7 Å². The Bertz CT molecular complexity index is 1080. The van der Waals surface area contributed by atoms with Gasteiger partial charge >= 0.3 is 5.97 Å². The summed E-state index contributed by atoms with van der Waals surface area (Å²) < 4.78 is 1.66. The van der Waals surface area contributed by atoms with Gasteiger partial charge in [0.15, 0.2) is 5.65 Å². The smallest absolute Gasteiger partial charge is 0.308 e. The van der Waals surface area contributed by atoms with Gasteiger partial charge in [0, 0.05) is 44.1 Å². The summed E-state index contributed by atoms with van der Waals surface area (Å²) in [5, 5.41) is 14.8. The molecule has 8 nitrogen and oxygen atoms in total. The van der Waals surface area contributed by atoms with Crippen molar-refractivity contribution in [1.82, 2.24) is 24.6 Å². The number of carbonyl (C=O) groups is 2. The van der Waals surface area contributed by atoms with Crippen molar-refractivity contribution in [2.45, 2.75) is 19.8 Å². The molecule has 4 rings (SSSR count). The van der Waals surface area contributed by atoms with Crippen LogP contribution in [0.25, 0.3) is 11.0 Å². The number of aryl methyl sites for hydroxylation is 3. The van der Waals surface area contributed by atoms with Gasteiger partial charge in [-0.05, 0) is 31.5 Å². The van der Waals surface area contributed by atoms with E-state index in [1.54, 1.807) is 41.2 Å². The fraction of sp³-hybridized carbons (Fsp3) is 0.350. The largest absolute Gasteiger partial charge is 0.481 e. The van der Waals surface area contributed by atoms with Crippen LogP contribution in [-0.2, 0) is 11.8 Å². The van der Waals surface area contributed by atoms with Gasteiger partial charge in [-0.15, -0.1) is 0 Å². The van der Waals surface area contributed by atoms with E-state index in [0.29, 0.717) is 17.8 Å². The van der Waals surface area contributed by atoms with Crippen LogP contribution in [0.2, 0.25) is 0 Å². The molecule has 1 saturated heterocycles. The molecule has 0 aliphatic carbocycles. The Morgan fingerprint density at radius 1 is 1.25 bits per heavy atom. The van der Waals surface area contributed by atoms with Gasteiger partial charge in [0.2, 0.25) is 0 Å².